The maximum Gasteiger partial charge on any atom is 0.416 e. The van der Waals surface area contributed by atoms with E-state index < -0.39 is 29.6 Å². The first-order valence-corrected chi connectivity index (χ1v) is 9.96. The van der Waals surface area contributed by atoms with Crippen LogP contribution in [0.25, 0.3) is 6.08 Å². The van der Waals surface area contributed by atoms with E-state index in [0.29, 0.717) is 18.0 Å². The molecular formula is C24H21F3N2O4. The summed E-state index contributed by atoms with van der Waals surface area (Å²) in [5.41, 5.74) is 0.635. The summed E-state index contributed by atoms with van der Waals surface area (Å²) in [4.78, 5) is 28.0. The van der Waals surface area contributed by atoms with Gasteiger partial charge in [-0.05, 0) is 43.7 Å². The molecule has 0 fully saturated rings. The number of ether oxygens (including phenoxy) is 1. The summed E-state index contributed by atoms with van der Waals surface area (Å²) in [6.45, 7) is 3.44. The maximum atomic E-state index is 12.8. The van der Waals surface area contributed by atoms with Crippen molar-refractivity contribution in [3.63, 3.8) is 0 Å². The minimum absolute atomic E-state index is 0.108. The normalized spacial score (nSPS) is 12.6. The fraction of sp³-hybridized carbons (Fsp3) is 0.208. The number of carbonyl (C=O) groups is 2. The van der Waals surface area contributed by atoms with Gasteiger partial charge in [-0.15, -0.1) is 0 Å². The number of benzene rings is 2. The second-order valence-electron chi connectivity index (χ2n) is 7.34. The van der Waals surface area contributed by atoms with Gasteiger partial charge in [-0.25, -0.2) is 9.78 Å². The number of alkyl halides is 3. The number of aliphatic carboxylic acids is 1. The molecule has 1 atom stereocenters. The molecule has 0 unspecified atom stereocenters. The molecular weight excluding hydrogens is 437 g/mol. The van der Waals surface area contributed by atoms with Gasteiger partial charge >= 0.3 is 12.1 Å². The summed E-state index contributed by atoms with van der Waals surface area (Å²) >= 11 is 0. The molecule has 9 heteroatoms. The number of hydrogen-bond acceptors (Lipinski definition) is 4. The first kappa shape index (κ1) is 23.8. The highest BCUT2D eigenvalue weighted by Crippen LogP contribution is 2.29. The number of nitrogens with zero attached hydrogens (tertiary/aromatic N) is 2. The number of rotatable bonds is 8. The number of ketones is 1. The second-order valence-corrected chi connectivity index (χ2v) is 7.34. The van der Waals surface area contributed by atoms with Crippen LogP contribution in [0.4, 0.5) is 13.2 Å². The minimum Gasteiger partial charge on any atom is -0.479 e. The third-order valence-corrected chi connectivity index (χ3v) is 4.71. The van der Waals surface area contributed by atoms with Crippen LogP contribution in [0.2, 0.25) is 0 Å². The van der Waals surface area contributed by atoms with E-state index in [0.717, 1.165) is 29.8 Å². The Balaban J connectivity index is 1.74. The standard InChI is InChI=1S/C24H21F3N2O4/c1-15-14-29(12-4-6-17-5-3-7-20(13-17)33-16(2)23(31)32)22(28-15)21(30)18-8-10-19(11-9-18)24(25,26)27/h3-11,13-14,16H,12H2,1-2H3,(H,31,32)/b6-4+/t16-/m0/s1. The quantitative estimate of drug-likeness (QED) is 0.480. The van der Waals surface area contributed by atoms with Crippen molar-refractivity contribution in [1.29, 1.82) is 0 Å². The van der Waals surface area contributed by atoms with Crippen LogP contribution in [-0.2, 0) is 17.5 Å². The van der Waals surface area contributed by atoms with Crippen LogP contribution in [-0.4, -0.2) is 32.5 Å². The highest BCUT2D eigenvalue weighted by molar-refractivity contribution is 6.06. The molecule has 0 amide bonds. The number of aromatic nitrogens is 2. The zero-order valence-corrected chi connectivity index (χ0v) is 17.8. The first-order valence-electron chi connectivity index (χ1n) is 9.96. The molecule has 6 nitrogen and oxygen atoms in total. The molecule has 0 saturated carbocycles. The van der Waals surface area contributed by atoms with Crippen LogP contribution in [0.5, 0.6) is 5.75 Å². The molecule has 1 aromatic heterocycles. The van der Waals surface area contributed by atoms with Crippen molar-refractivity contribution in [2.75, 3.05) is 0 Å². The number of carboxylic acid groups (broad SMARTS) is 1. The largest absolute Gasteiger partial charge is 0.479 e. The fourth-order valence-corrected chi connectivity index (χ4v) is 3.06. The van der Waals surface area contributed by atoms with Gasteiger partial charge in [0.15, 0.2) is 11.9 Å². The predicted molar refractivity (Wildman–Crippen MR) is 115 cm³/mol. The Morgan fingerprint density at radius 1 is 1.18 bits per heavy atom. The van der Waals surface area contributed by atoms with Gasteiger partial charge in [-0.3, -0.25) is 4.79 Å². The summed E-state index contributed by atoms with van der Waals surface area (Å²) in [6.07, 6.45) is -0.229. The second kappa shape index (κ2) is 9.72. The van der Waals surface area contributed by atoms with Crippen molar-refractivity contribution < 1.29 is 32.6 Å². The highest BCUT2D eigenvalue weighted by Gasteiger charge is 2.30. The molecule has 2 aromatic carbocycles. The molecule has 3 aromatic rings. The van der Waals surface area contributed by atoms with Crippen LogP contribution in [0.15, 0.2) is 60.8 Å². The van der Waals surface area contributed by atoms with E-state index in [9.17, 15) is 22.8 Å². The Kier molecular flexibility index (Phi) is 7.01. The van der Waals surface area contributed by atoms with Crippen molar-refractivity contribution in [3.05, 3.63) is 89.0 Å². The number of allylic oxidation sites excluding steroid dienone is 1. The average Bonchev–Trinajstić information content (AvgIpc) is 3.13. The zero-order chi connectivity index (χ0) is 24.2. The predicted octanol–water partition coefficient (Wildman–Crippen LogP) is 5.01. The molecule has 33 heavy (non-hydrogen) atoms. The Morgan fingerprint density at radius 2 is 1.88 bits per heavy atom. The van der Waals surface area contributed by atoms with E-state index in [-0.39, 0.29) is 11.4 Å². The van der Waals surface area contributed by atoms with Gasteiger partial charge in [0.2, 0.25) is 5.78 Å². The lowest BCUT2D eigenvalue weighted by molar-refractivity contribution is -0.144. The first-order chi connectivity index (χ1) is 15.5. The average molecular weight is 458 g/mol. The molecule has 0 aliphatic carbocycles. The van der Waals surface area contributed by atoms with E-state index in [4.69, 9.17) is 9.84 Å². The van der Waals surface area contributed by atoms with Crippen molar-refractivity contribution >= 4 is 17.8 Å². The third kappa shape index (κ3) is 6.09. The molecule has 0 saturated heterocycles. The highest BCUT2D eigenvalue weighted by atomic mass is 19.4. The molecule has 0 radical (unpaired) electrons. The Bertz CT molecular complexity index is 1180. The number of halogens is 3. The van der Waals surface area contributed by atoms with Crippen molar-refractivity contribution in [3.8, 4) is 5.75 Å². The third-order valence-electron chi connectivity index (χ3n) is 4.71. The van der Waals surface area contributed by atoms with E-state index in [1.165, 1.54) is 6.92 Å². The van der Waals surface area contributed by atoms with Crippen molar-refractivity contribution in [2.45, 2.75) is 32.7 Å². The van der Waals surface area contributed by atoms with E-state index >= 15 is 0 Å². The number of aryl methyl sites for hydroxylation is 1. The van der Waals surface area contributed by atoms with Crippen molar-refractivity contribution in [2.24, 2.45) is 0 Å². The van der Waals surface area contributed by atoms with Crippen LogP contribution >= 0.6 is 0 Å². The molecule has 3 rings (SSSR count). The zero-order valence-electron chi connectivity index (χ0n) is 17.8. The SMILES string of the molecule is Cc1cn(C/C=C/c2cccc(O[C@@H](C)C(=O)O)c2)c(C(=O)c2ccc(C(F)(F)F)cc2)n1. The van der Waals surface area contributed by atoms with Crippen LogP contribution in [0.1, 0.15) is 39.9 Å². The minimum atomic E-state index is -4.48. The number of imidazole rings is 1. The molecule has 0 aliphatic heterocycles. The van der Waals surface area contributed by atoms with Gasteiger partial charge in [0.25, 0.3) is 0 Å². The Labute approximate surface area is 188 Å². The molecule has 0 aliphatic rings. The number of carboxylic acids is 1. The Hall–Kier alpha value is -3.88. The van der Waals surface area contributed by atoms with Crippen molar-refractivity contribution in [1.82, 2.24) is 9.55 Å². The van der Waals surface area contributed by atoms with Crippen LogP contribution < -0.4 is 4.74 Å². The van der Waals surface area contributed by atoms with Crippen LogP contribution in [0.3, 0.4) is 0 Å². The van der Waals surface area contributed by atoms with Gasteiger partial charge in [0.05, 0.1) is 11.3 Å². The van der Waals surface area contributed by atoms with Gasteiger partial charge in [-0.1, -0.05) is 36.4 Å². The van der Waals surface area contributed by atoms with E-state index in [1.54, 1.807) is 48.0 Å². The molecule has 172 valence electrons. The molecule has 1 N–H and O–H groups in total. The molecule has 0 spiro atoms. The maximum absolute atomic E-state index is 12.8. The lowest BCUT2D eigenvalue weighted by Gasteiger charge is -2.10. The van der Waals surface area contributed by atoms with Crippen LogP contribution in [0, 0.1) is 6.92 Å². The summed E-state index contributed by atoms with van der Waals surface area (Å²) in [5, 5.41) is 8.96. The summed E-state index contributed by atoms with van der Waals surface area (Å²) in [6, 6.07) is 10.9. The smallest absolute Gasteiger partial charge is 0.416 e. The van der Waals surface area contributed by atoms with Gasteiger partial charge in [0, 0.05) is 18.3 Å². The van der Waals surface area contributed by atoms with Gasteiger partial charge in [-0.2, -0.15) is 13.2 Å². The fourth-order valence-electron chi connectivity index (χ4n) is 3.06. The summed E-state index contributed by atoms with van der Waals surface area (Å²) < 4.78 is 45.3. The van der Waals surface area contributed by atoms with Gasteiger partial charge < -0.3 is 14.4 Å². The Morgan fingerprint density at radius 3 is 2.52 bits per heavy atom. The summed E-state index contributed by atoms with van der Waals surface area (Å²) in [7, 11) is 0. The topological polar surface area (TPSA) is 81.4 Å². The van der Waals surface area contributed by atoms with E-state index in [2.05, 4.69) is 4.98 Å². The molecule has 1 heterocycles. The van der Waals surface area contributed by atoms with E-state index in [1.807, 2.05) is 6.07 Å². The monoisotopic (exact) mass is 458 g/mol. The number of carbonyl (C=O) groups excluding carboxylic acids is 1. The lowest BCUT2D eigenvalue weighted by atomic mass is 10.1. The lowest BCUT2D eigenvalue weighted by Crippen LogP contribution is -2.22. The number of hydrogen-bond donors (Lipinski definition) is 1. The van der Waals surface area contributed by atoms with Gasteiger partial charge in [0.1, 0.15) is 5.75 Å². The molecule has 0 bridgehead atoms. The summed E-state index contributed by atoms with van der Waals surface area (Å²) in [5.74, 6) is -1.03.